The summed E-state index contributed by atoms with van der Waals surface area (Å²) in [5.41, 5.74) is 0.341. The highest BCUT2D eigenvalue weighted by molar-refractivity contribution is 9.10. The van der Waals surface area contributed by atoms with E-state index in [9.17, 15) is 14.0 Å². The van der Waals surface area contributed by atoms with Gasteiger partial charge in [0.1, 0.15) is 17.2 Å². The molecule has 0 radical (unpaired) electrons. The zero-order valence-corrected chi connectivity index (χ0v) is 14.6. The lowest BCUT2D eigenvalue weighted by Gasteiger charge is -2.08. The van der Waals surface area contributed by atoms with Gasteiger partial charge in [0.2, 0.25) is 0 Å². The third-order valence-electron chi connectivity index (χ3n) is 3.34. The lowest BCUT2D eigenvalue weighted by molar-refractivity contribution is 0.0528. The lowest BCUT2D eigenvalue weighted by Crippen LogP contribution is -2.16. The van der Waals surface area contributed by atoms with E-state index in [1.54, 1.807) is 13.1 Å². The first-order valence-corrected chi connectivity index (χ1v) is 8.11. The van der Waals surface area contributed by atoms with E-state index in [-0.39, 0.29) is 24.3 Å². The van der Waals surface area contributed by atoms with Crippen LogP contribution in [0.1, 0.15) is 22.8 Å². The van der Waals surface area contributed by atoms with Crippen molar-refractivity contribution < 1.29 is 13.9 Å². The largest absolute Gasteiger partial charge is 0.462 e. The van der Waals surface area contributed by atoms with Crippen molar-refractivity contribution in [3.05, 3.63) is 56.4 Å². The average Bonchev–Trinajstić information content (AvgIpc) is 2.98. The number of nitrogens with one attached hydrogen (secondary N) is 2. The van der Waals surface area contributed by atoms with Gasteiger partial charge in [0, 0.05) is 24.5 Å². The SMILES string of the molecule is CCOC(=O)c1cnn2cc(Br)c(NCc3cc(F)c[nH]c3=O)nc12. The van der Waals surface area contributed by atoms with Crippen LogP contribution in [0.2, 0.25) is 0 Å². The molecule has 0 spiro atoms. The van der Waals surface area contributed by atoms with Gasteiger partial charge in [-0.2, -0.15) is 5.10 Å². The van der Waals surface area contributed by atoms with Crippen LogP contribution in [0, 0.1) is 5.82 Å². The van der Waals surface area contributed by atoms with Crippen molar-refractivity contribution in [3.63, 3.8) is 0 Å². The number of aromatic nitrogens is 4. The normalized spacial score (nSPS) is 10.8. The van der Waals surface area contributed by atoms with E-state index in [1.807, 2.05) is 0 Å². The zero-order chi connectivity index (χ0) is 18.0. The molecule has 0 unspecified atom stereocenters. The van der Waals surface area contributed by atoms with E-state index in [0.29, 0.717) is 15.9 Å². The van der Waals surface area contributed by atoms with Crippen LogP contribution in [0.4, 0.5) is 10.2 Å². The number of nitrogens with zero attached hydrogens (tertiary/aromatic N) is 3. The molecule has 8 nitrogen and oxygen atoms in total. The summed E-state index contributed by atoms with van der Waals surface area (Å²) in [6, 6.07) is 1.14. The van der Waals surface area contributed by atoms with Crippen molar-refractivity contribution in [3.8, 4) is 0 Å². The van der Waals surface area contributed by atoms with Crippen LogP contribution < -0.4 is 10.9 Å². The molecule has 0 atom stereocenters. The first-order chi connectivity index (χ1) is 12.0. The number of carbonyl (C=O) groups excluding carboxylic acids is 1. The first-order valence-electron chi connectivity index (χ1n) is 7.31. The van der Waals surface area contributed by atoms with E-state index in [4.69, 9.17) is 4.74 Å². The van der Waals surface area contributed by atoms with Gasteiger partial charge in [0.25, 0.3) is 5.56 Å². The van der Waals surface area contributed by atoms with Gasteiger partial charge < -0.3 is 15.0 Å². The summed E-state index contributed by atoms with van der Waals surface area (Å²) >= 11 is 3.34. The number of rotatable bonds is 5. The van der Waals surface area contributed by atoms with Gasteiger partial charge in [-0.3, -0.25) is 4.79 Å². The number of aromatic amines is 1. The highest BCUT2D eigenvalue weighted by atomic mass is 79.9. The molecule has 130 valence electrons. The Balaban J connectivity index is 1.92. The van der Waals surface area contributed by atoms with E-state index in [1.165, 1.54) is 10.7 Å². The molecule has 0 fully saturated rings. The molecule has 0 saturated carbocycles. The zero-order valence-electron chi connectivity index (χ0n) is 13.0. The monoisotopic (exact) mass is 409 g/mol. The molecule has 10 heteroatoms. The summed E-state index contributed by atoms with van der Waals surface area (Å²) in [6.07, 6.45) is 3.97. The minimum atomic E-state index is -0.542. The van der Waals surface area contributed by atoms with Gasteiger partial charge >= 0.3 is 5.97 Å². The van der Waals surface area contributed by atoms with Crippen LogP contribution in [-0.2, 0) is 11.3 Å². The summed E-state index contributed by atoms with van der Waals surface area (Å²) in [5.74, 6) is -0.693. The first kappa shape index (κ1) is 17.1. The molecule has 3 aromatic rings. The third kappa shape index (κ3) is 3.53. The molecule has 3 heterocycles. The van der Waals surface area contributed by atoms with Gasteiger partial charge in [-0.15, -0.1) is 0 Å². The fraction of sp³-hybridized carbons (Fsp3) is 0.200. The Labute approximate surface area is 149 Å². The Hall–Kier alpha value is -2.75. The molecule has 0 aliphatic carbocycles. The van der Waals surface area contributed by atoms with Crippen molar-refractivity contribution in [1.82, 2.24) is 19.6 Å². The Kier molecular flexibility index (Phi) is 4.79. The van der Waals surface area contributed by atoms with Gasteiger partial charge in [0.15, 0.2) is 5.65 Å². The smallest absolute Gasteiger partial charge is 0.343 e. The lowest BCUT2D eigenvalue weighted by atomic mass is 10.2. The van der Waals surface area contributed by atoms with Crippen molar-refractivity contribution in [2.45, 2.75) is 13.5 Å². The number of pyridine rings is 1. The number of fused-ring (bicyclic) bond motifs is 1. The molecule has 0 saturated heterocycles. The molecular formula is C15H13BrFN5O3. The predicted octanol–water partition coefficient (Wildman–Crippen LogP) is 2.11. The van der Waals surface area contributed by atoms with Crippen LogP contribution in [0.15, 0.2) is 33.9 Å². The van der Waals surface area contributed by atoms with E-state index < -0.39 is 17.3 Å². The molecular weight excluding hydrogens is 397 g/mol. The Morgan fingerprint density at radius 3 is 3.08 bits per heavy atom. The summed E-state index contributed by atoms with van der Waals surface area (Å²) < 4.78 is 20.2. The van der Waals surface area contributed by atoms with Gasteiger partial charge in [-0.1, -0.05) is 0 Å². The minimum Gasteiger partial charge on any atom is -0.462 e. The molecule has 3 rings (SSSR count). The Bertz CT molecular complexity index is 1000. The summed E-state index contributed by atoms with van der Waals surface area (Å²) in [4.78, 5) is 30.3. The number of halogens is 2. The standard InChI is InChI=1S/C15H13BrFN5O3/c1-2-25-15(24)10-6-20-22-7-11(16)12(21-13(10)22)18-4-8-3-9(17)5-19-14(8)23/h3,5-7H,2,4H2,1H3,(H,18,21)(H,19,23). The van der Waals surface area contributed by atoms with Gasteiger partial charge in [0.05, 0.1) is 17.3 Å². The number of hydrogen-bond acceptors (Lipinski definition) is 6. The number of esters is 1. The summed E-state index contributed by atoms with van der Waals surface area (Å²) in [5, 5.41) is 7.00. The molecule has 0 bridgehead atoms. The molecule has 0 aliphatic heterocycles. The van der Waals surface area contributed by atoms with Crippen LogP contribution in [0.25, 0.3) is 5.65 Å². The van der Waals surface area contributed by atoms with Crippen LogP contribution in [-0.4, -0.2) is 32.2 Å². The van der Waals surface area contributed by atoms with E-state index in [2.05, 4.69) is 36.3 Å². The predicted molar refractivity (Wildman–Crippen MR) is 91.0 cm³/mol. The van der Waals surface area contributed by atoms with Crippen LogP contribution >= 0.6 is 15.9 Å². The molecule has 2 N–H and O–H groups in total. The van der Waals surface area contributed by atoms with Crippen molar-refractivity contribution in [1.29, 1.82) is 0 Å². The number of hydrogen-bond donors (Lipinski definition) is 2. The van der Waals surface area contributed by atoms with E-state index in [0.717, 1.165) is 12.3 Å². The van der Waals surface area contributed by atoms with Crippen molar-refractivity contribution >= 4 is 33.4 Å². The second-order valence-electron chi connectivity index (χ2n) is 5.01. The number of ether oxygens (including phenoxy) is 1. The molecule has 25 heavy (non-hydrogen) atoms. The molecule has 0 aromatic carbocycles. The van der Waals surface area contributed by atoms with Crippen molar-refractivity contribution in [2.75, 3.05) is 11.9 Å². The fourth-order valence-electron chi connectivity index (χ4n) is 2.18. The van der Waals surface area contributed by atoms with E-state index >= 15 is 0 Å². The highest BCUT2D eigenvalue weighted by Gasteiger charge is 2.17. The number of anilines is 1. The van der Waals surface area contributed by atoms with Gasteiger partial charge in [-0.05, 0) is 28.9 Å². The minimum absolute atomic E-state index is 0.0533. The topological polar surface area (TPSA) is 101 Å². The average molecular weight is 410 g/mol. The highest BCUT2D eigenvalue weighted by Crippen LogP contribution is 2.22. The molecule has 0 aliphatic rings. The number of carbonyl (C=O) groups is 1. The summed E-state index contributed by atoms with van der Waals surface area (Å²) in [6.45, 7) is 2.00. The third-order valence-corrected chi connectivity index (χ3v) is 3.92. The van der Waals surface area contributed by atoms with Gasteiger partial charge in [-0.25, -0.2) is 18.7 Å². The summed E-state index contributed by atoms with van der Waals surface area (Å²) in [7, 11) is 0. The Morgan fingerprint density at radius 2 is 2.32 bits per heavy atom. The van der Waals surface area contributed by atoms with Crippen molar-refractivity contribution in [2.24, 2.45) is 0 Å². The maximum Gasteiger partial charge on any atom is 0.343 e. The molecule has 3 aromatic heterocycles. The maximum atomic E-state index is 13.2. The maximum absolute atomic E-state index is 13.2. The Morgan fingerprint density at radius 1 is 1.52 bits per heavy atom. The van der Waals surface area contributed by atoms with Crippen LogP contribution in [0.5, 0.6) is 0 Å². The van der Waals surface area contributed by atoms with Crippen LogP contribution in [0.3, 0.4) is 0 Å². The molecule has 0 amide bonds. The fourth-order valence-corrected chi connectivity index (χ4v) is 2.60. The second-order valence-corrected chi connectivity index (χ2v) is 5.86. The quantitative estimate of drug-likeness (QED) is 0.625. The number of H-pyrrole nitrogens is 1. The second kappa shape index (κ2) is 7.01.